The second-order valence-corrected chi connectivity index (χ2v) is 9.49. The van der Waals surface area contributed by atoms with Crippen molar-refractivity contribution in [1.29, 1.82) is 0 Å². The first kappa shape index (κ1) is 15.8. The fourth-order valence-electron chi connectivity index (χ4n) is 3.35. The second-order valence-electron chi connectivity index (χ2n) is 6.03. The summed E-state index contributed by atoms with van der Waals surface area (Å²) in [5.41, 5.74) is 0. The van der Waals surface area contributed by atoms with Crippen molar-refractivity contribution in [2.24, 2.45) is 0 Å². The average molecular weight is 343 g/mol. The molecule has 1 heterocycles. The van der Waals surface area contributed by atoms with Gasteiger partial charge in [0.15, 0.2) is 0 Å². The highest BCUT2D eigenvalue weighted by molar-refractivity contribution is 7.94. The van der Waals surface area contributed by atoms with E-state index >= 15 is 0 Å². The number of hydrogen-bond acceptors (Lipinski definition) is 1. The predicted octanol–water partition coefficient (Wildman–Crippen LogP) is 3.83. The molecule has 122 valence electrons. The molecular formula is C22H20N2P+. The summed E-state index contributed by atoms with van der Waals surface area (Å²) in [5.74, 6) is 0. The molecule has 3 heteroatoms. The van der Waals surface area contributed by atoms with Crippen LogP contribution in [0.4, 0.5) is 0 Å². The van der Waals surface area contributed by atoms with E-state index in [4.69, 9.17) is 0 Å². The van der Waals surface area contributed by atoms with Crippen molar-refractivity contribution >= 4 is 23.2 Å². The fourth-order valence-corrected chi connectivity index (χ4v) is 7.44. The molecule has 0 bridgehead atoms. The van der Waals surface area contributed by atoms with Crippen molar-refractivity contribution in [3.05, 3.63) is 110 Å². The molecule has 2 nitrogen and oxygen atoms in total. The van der Waals surface area contributed by atoms with E-state index < -0.39 is 7.26 Å². The first-order valence-corrected chi connectivity index (χ1v) is 10.4. The van der Waals surface area contributed by atoms with Gasteiger partial charge in [0.1, 0.15) is 29.5 Å². The lowest BCUT2D eigenvalue weighted by atomic mass is 10.4. The molecule has 0 radical (unpaired) electrons. The van der Waals surface area contributed by atoms with Crippen LogP contribution >= 0.6 is 7.26 Å². The zero-order valence-electron chi connectivity index (χ0n) is 13.9. The first-order valence-electron chi connectivity index (χ1n) is 8.40. The number of rotatable bonds is 5. The highest BCUT2D eigenvalue weighted by Crippen LogP contribution is 2.56. The molecule has 4 rings (SSSR count). The van der Waals surface area contributed by atoms with E-state index in [0.717, 1.165) is 6.29 Å². The molecule has 0 spiro atoms. The van der Waals surface area contributed by atoms with E-state index in [1.807, 2.05) is 12.5 Å². The maximum Gasteiger partial charge on any atom is 0.149 e. The Morgan fingerprint density at radius 1 is 0.640 bits per heavy atom. The number of benzene rings is 3. The number of hydrogen-bond donors (Lipinski definition) is 0. The van der Waals surface area contributed by atoms with Crippen molar-refractivity contribution < 1.29 is 0 Å². The summed E-state index contributed by atoms with van der Waals surface area (Å²) in [6.45, 7) is 0. The molecule has 0 unspecified atom stereocenters. The van der Waals surface area contributed by atoms with Crippen LogP contribution in [0.1, 0.15) is 0 Å². The number of imidazole rings is 1. The summed E-state index contributed by atoms with van der Waals surface area (Å²) in [5, 5.41) is 4.17. The molecule has 0 saturated heterocycles. The second kappa shape index (κ2) is 7.04. The van der Waals surface area contributed by atoms with Gasteiger partial charge in [-0.15, -0.1) is 0 Å². The van der Waals surface area contributed by atoms with Gasteiger partial charge in [-0.1, -0.05) is 54.6 Å². The molecule has 0 saturated carbocycles. The van der Waals surface area contributed by atoms with Crippen molar-refractivity contribution in [3.8, 4) is 0 Å². The van der Waals surface area contributed by atoms with Gasteiger partial charge in [0.05, 0.1) is 6.33 Å². The molecular weight excluding hydrogens is 323 g/mol. The zero-order valence-corrected chi connectivity index (χ0v) is 14.8. The van der Waals surface area contributed by atoms with Crippen LogP contribution in [0.25, 0.3) is 0 Å². The lowest BCUT2D eigenvalue weighted by Gasteiger charge is -2.27. The van der Waals surface area contributed by atoms with E-state index in [-0.39, 0.29) is 0 Å². The van der Waals surface area contributed by atoms with Gasteiger partial charge >= 0.3 is 0 Å². The molecule has 0 atom stereocenters. The minimum Gasteiger partial charge on any atom is -0.303 e. The van der Waals surface area contributed by atoms with Crippen LogP contribution in [-0.2, 0) is 6.29 Å². The molecule has 0 aliphatic carbocycles. The van der Waals surface area contributed by atoms with Crippen LogP contribution in [0.3, 0.4) is 0 Å². The molecule has 0 fully saturated rings. The van der Waals surface area contributed by atoms with Crippen LogP contribution in [0, 0.1) is 0 Å². The SMILES string of the molecule is c1ccc([P+](Cn2ccnc2)(c2ccccc2)c2ccccc2)cc1. The van der Waals surface area contributed by atoms with Gasteiger partial charge in [-0.25, -0.2) is 4.98 Å². The molecule has 25 heavy (non-hydrogen) atoms. The third-order valence-electron chi connectivity index (χ3n) is 4.53. The maximum atomic E-state index is 4.27. The summed E-state index contributed by atoms with van der Waals surface area (Å²) in [7, 11) is -1.82. The van der Waals surface area contributed by atoms with Crippen LogP contribution < -0.4 is 15.9 Å². The quantitative estimate of drug-likeness (QED) is 0.504. The molecule has 0 N–H and O–H groups in total. The van der Waals surface area contributed by atoms with E-state index in [1.54, 1.807) is 0 Å². The third kappa shape index (κ3) is 3.01. The standard InChI is InChI=1S/C22H20N2P/c1-4-10-20(11-5-1)25(19-24-17-16-23-18-24,21-12-6-2-7-13-21)22-14-8-3-9-15-22/h1-18H,19H2/q+1. The summed E-state index contributed by atoms with van der Waals surface area (Å²) in [4.78, 5) is 4.27. The zero-order chi connectivity index (χ0) is 17.0. The Morgan fingerprint density at radius 3 is 1.44 bits per heavy atom. The van der Waals surface area contributed by atoms with Gasteiger partial charge in [-0.2, -0.15) is 0 Å². The average Bonchev–Trinajstić information content (AvgIpc) is 3.21. The van der Waals surface area contributed by atoms with E-state index in [9.17, 15) is 0 Å². The van der Waals surface area contributed by atoms with Crippen LogP contribution in [0.15, 0.2) is 110 Å². The van der Waals surface area contributed by atoms with Crippen molar-refractivity contribution in [3.63, 3.8) is 0 Å². The smallest absolute Gasteiger partial charge is 0.149 e. The topological polar surface area (TPSA) is 17.8 Å². The molecule has 0 aliphatic rings. The minimum absolute atomic E-state index is 0.908. The molecule has 4 aromatic rings. The molecule has 3 aromatic carbocycles. The normalized spacial score (nSPS) is 11.4. The minimum atomic E-state index is -1.82. The summed E-state index contributed by atoms with van der Waals surface area (Å²) in [6.07, 6.45) is 6.74. The Hall–Kier alpha value is -2.70. The predicted molar refractivity (Wildman–Crippen MR) is 107 cm³/mol. The molecule has 0 amide bonds. The van der Waals surface area contributed by atoms with Gasteiger partial charge < -0.3 is 4.57 Å². The van der Waals surface area contributed by atoms with Gasteiger partial charge in [0.25, 0.3) is 0 Å². The highest BCUT2D eigenvalue weighted by atomic mass is 31.2. The van der Waals surface area contributed by atoms with Gasteiger partial charge in [-0.05, 0) is 36.4 Å². The third-order valence-corrected chi connectivity index (χ3v) is 8.82. The van der Waals surface area contributed by atoms with E-state index in [0.29, 0.717) is 0 Å². The van der Waals surface area contributed by atoms with E-state index in [1.165, 1.54) is 15.9 Å². The Kier molecular flexibility index (Phi) is 4.45. The molecule has 1 aromatic heterocycles. The van der Waals surface area contributed by atoms with Gasteiger partial charge in [-0.3, -0.25) is 0 Å². The lowest BCUT2D eigenvalue weighted by Crippen LogP contribution is -2.33. The van der Waals surface area contributed by atoms with Crippen molar-refractivity contribution in [2.75, 3.05) is 0 Å². The first-order chi connectivity index (χ1) is 12.4. The maximum absolute atomic E-state index is 4.27. The van der Waals surface area contributed by atoms with E-state index in [2.05, 4.69) is 107 Å². The largest absolute Gasteiger partial charge is 0.303 e. The summed E-state index contributed by atoms with van der Waals surface area (Å²) < 4.78 is 2.21. The van der Waals surface area contributed by atoms with Gasteiger partial charge in [0, 0.05) is 12.4 Å². The monoisotopic (exact) mass is 343 g/mol. The summed E-state index contributed by atoms with van der Waals surface area (Å²) in [6, 6.07) is 32.7. The Morgan fingerprint density at radius 2 is 1.08 bits per heavy atom. The van der Waals surface area contributed by atoms with Gasteiger partial charge in [0.2, 0.25) is 0 Å². The highest BCUT2D eigenvalue weighted by Gasteiger charge is 2.45. The van der Waals surface area contributed by atoms with Crippen LogP contribution in [0.5, 0.6) is 0 Å². The Balaban J connectivity index is 2.01. The number of aromatic nitrogens is 2. The van der Waals surface area contributed by atoms with Crippen molar-refractivity contribution in [1.82, 2.24) is 9.55 Å². The number of nitrogens with zero attached hydrogens (tertiary/aromatic N) is 2. The summed E-state index contributed by atoms with van der Waals surface area (Å²) >= 11 is 0. The Bertz CT molecular complexity index is 808. The van der Waals surface area contributed by atoms with Crippen LogP contribution in [0.2, 0.25) is 0 Å². The van der Waals surface area contributed by atoms with Crippen molar-refractivity contribution in [2.45, 2.75) is 6.29 Å². The van der Waals surface area contributed by atoms with Crippen LogP contribution in [-0.4, -0.2) is 9.55 Å². The lowest BCUT2D eigenvalue weighted by molar-refractivity contribution is 0.879. The fraction of sp³-hybridized carbons (Fsp3) is 0.0455. The molecule has 0 aliphatic heterocycles. The Labute approximate surface area is 149 Å².